The number of nitrogens with zero attached hydrogens (tertiary/aromatic N) is 1. The molecule has 152 valence electrons. The summed E-state index contributed by atoms with van der Waals surface area (Å²) >= 11 is 1.38. The molecule has 6 nitrogen and oxygen atoms in total. The highest BCUT2D eigenvalue weighted by Gasteiger charge is 2.47. The Kier molecular flexibility index (Phi) is 5.38. The third kappa shape index (κ3) is 3.54. The van der Waals surface area contributed by atoms with Gasteiger partial charge in [0.15, 0.2) is 0 Å². The van der Waals surface area contributed by atoms with Crippen molar-refractivity contribution >= 4 is 28.8 Å². The molecular weight excluding hydrogens is 397 g/mol. The van der Waals surface area contributed by atoms with Crippen LogP contribution in [0.4, 0.5) is 4.39 Å². The second kappa shape index (κ2) is 7.96. The molecule has 1 N–H and O–H groups in total. The van der Waals surface area contributed by atoms with Gasteiger partial charge in [-0.25, -0.2) is 4.39 Å². The fraction of sp³-hybridized carbons (Fsp3) is 0.333. The van der Waals surface area contributed by atoms with Crippen molar-refractivity contribution in [3.63, 3.8) is 0 Å². The minimum Gasteiger partial charge on any atom is -0.507 e. The molecular formula is C21H20FNO5S. The molecule has 2 aliphatic heterocycles. The maximum Gasteiger partial charge on any atom is 0.295 e. The fourth-order valence-corrected chi connectivity index (χ4v) is 4.67. The van der Waals surface area contributed by atoms with E-state index in [-0.39, 0.29) is 29.5 Å². The number of amides is 1. The smallest absolute Gasteiger partial charge is 0.295 e. The topological polar surface area (TPSA) is 76.1 Å². The van der Waals surface area contributed by atoms with E-state index in [2.05, 4.69) is 0 Å². The number of aliphatic hydroxyl groups is 1. The van der Waals surface area contributed by atoms with Crippen LogP contribution in [0.25, 0.3) is 5.76 Å². The number of halogens is 1. The van der Waals surface area contributed by atoms with Gasteiger partial charge in [0.25, 0.3) is 11.7 Å². The number of benzene rings is 1. The van der Waals surface area contributed by atoms with Crippen molar-refractivity contribution in [1.82, 2.24) is 4.90 Å². The Morgan fingerprint density at radius 1 is 1.38 bits per heavy atom. The first kappa shape index (κ1) is 19.6. The van der Waals surface area contributed by atoms with E-state index in [0.717, 1.165) is 23.8 Å². The Morgan fingerprint density at radius 3 is 2.86 bits per heavy atom. The molecule has 29 heavy (non-hydrogen) atoms. The van der Waals surface area contributed by atoms with Crippen molar-refractivity contribution in [3.8, 4) is 5.75 Å². The van der Waals surface area contributed by atoms with Gasteiger partial charge in [0, 0.05) is 18.0 Å². The van der Waals surface area contributed by atoms with E-state index < -0.39 is 29.3 Å². The SMILES string of the molecule is COc1ccc(F)cc1/C(O)=C1/C(=O)C(=O)N(CC2CCCO2)C1c1cccs1. The second-order valence-electron chi connectivity index (χ2n) is 6.95. The summed E-state index contributed by atoms with van der Waals surface area (Å²) in [6.07, 6.45) is 1.55. The Bertz CT molecular complexity index is 965. The van der Waals surface area contributed by atoms with E-state index >= 15 is 0 Å². The molecule has 2 aromatic rings. The molecule has 0 spiro atoms. The molecule has 2 saturated heterocycles. The zero-order valence-electron chi connectivity index (χ0n) is 15.8. The summed E-state index contributed by atoms with van der Waals surface area (Å²) in [7, 11) is 1.39. The van der Waals surface area contributed by atoms with Crippen LogP contribution in [0.5, 0.6) is 5.75 Å². The predicted molar refractivity (Wildman–Crippen MR) is 105 cm³/mol. The van der Waals surface area contributed by atoms with Crippen LogP contribution in [0.15, 0.2) is 41.3 Å². The number of carbonyl (C=O) groups is 2. The number of hydrogen-bond donors (Lipinski definition) is 1. The van der Waals surface area contributed by atoms with Crippen LogP contribution >= 0.6 is 11.3 Å². The quantitative estimate of drug-likeness (QED) is 0.458. The van der Waals surface area contributed by atoms with Crippen molar-refractivity contribution in [2.45, 2.75) is 25.0 Å². The summed E-state index contributed by atoms with van der Waals surface area (Å²) in [5.74, 6) is -2.33. The molecule has 8 heteroatoms. The van der Waals surface area contributed by atoms with Crippen LogP contribution in [-0.4, -0.2) is 48.1 Å². The van der Waals surface area contributed by atoms with Gasteiger partial charge >= 0.3 is 0 Å². The lowest BCUT2D eigenvalue weighted by Gasteiger charge is -2.26. The van der Waals surface area contributed by atoms with Gasteiger partial charge in [0.1, 0.15) is 17.3 Å². The minimum absolute atomic E-state index is 0.0316. The molecule has 3 heterocycles. The molecule has 1 amide bonds. The highest BCUT2D eigenvalue weighted by molar-refractivity contribution is 7.10. The molecule has 1 aromatic carbocycles. The van der Waals surface area contributed by atoms with Crippen LogP contribution in [-0.2, 0) is 14.3 Å². The predicted octanol–water partition coefficient (Wildman–Crippen LogP) is 3.50. The van der Waals surface area contributed by atoms with Gasteiger partial charge in [-0.3, -0.25) is 9.59 Å². The summed E-state index contributed by atoms with van der Waals surface area (Å²) in [6.45, 7) is 0.878. The number of Topliss-reactive ketones (excluding diaryl/α,β-unsaturated/α-hetero) is 1. The number of ether oxygens (including phenoxy) is 2. The van der Waals surface area contributed by atoms with Gasteiger partial charge in [-0.1, -0.05) is 6.07 Å². The maximum atomic E-state index is 13.9. The van der Waals surface area contributed by atoms with Crippen molar-refractivity contribution in [2.75, 3.05) is 20.3 Å². The summed E-state index contributed by atoms with van der Waals surface area (Å²) < 4.78 is 24.7. The van der Waals surface area contributed by atoms with E-state index in [9.17, 15) is 19.1 Å². The highest BCUT2D eigenvalue weighted by atomic mass is 32.1. The van der Waals surface area contributed by atoms with Gasteiger partial charge in [-0.2, -0.15) is 0 Å². The van der Waals surface area contributed by atoms with Crippen molar-refractivity contribution in [1.29, 1.82) is 0 Å². The number of hydrogen-bond acceptors (Lipinski definition) is 6. The number of carbonyl (C=O) groups excluding carboxylic acids is 2. The molecule has 0 saturated carbocycles. The van der Waals surface area contributed by atoms with Crippen molar-refractivity contribution in [3.05, 3.63) is 57.5 Å². The number of ketones is 1. The van der Waals surface area contributed by atoms with Crippen LogP contribution in [0, 0.1) is 5.82 Å². The molecule has 2 aliphatic rings. The van der Waals surface area contributed by atoms with Crippen LogP contribution in [0.3, 0.4) is 0 Å². The average Bonchev–Trinajstić information content (AvgIpc) is 3.46. The average molecular weight is 417 g/mol. The normalized spacial score (nSPS) is 23.7. The second-order valence-corrected chi connectivity index (χ2v) is 7.93. The number of methoxy groups -OCH3 is 1. The number of rotatable bonds is 5. The van der Waals surface area contributed by atoms with E-state index in [4.69, 9.17) is 9.47 Å². The molecule has 1 aromatic heterocycles. The highest BCUT2D eigenvalue weighted by Crippen LogP contribution is 2.42. The maximum absolute atomic E-state index is 13.9. The zero-order chi connectivity index (χ0) is 20.5. The van der Waals surface area contributed by atoms with E-state index in [1.54, 1.807) is 6.07 Å². The molecule has 4 rings (SSSR count). The fourth-order valence-electron chi connectivity index (χ4n) is 3.83. The van der Waals surface area contributed by atoms with E-state index in [1.807, 2.05) is 11.4 Å². The van der Waals surface area contributed by atoms with Gasteiger partial charge in [-0.15, -0.1) is 11.3 Å². The number of thiophene rings is 1. The third-order valence-corrected chi connectivity index (χ3v) is 6.12. The first-order valence-corrected chi connectivity index (χ1v) is 10.2. The van der Waals surface area contributed by atoms with Gasteiger partial charge in [-0.05, 0) is 42.5 Å². The molecule has 2 unspecified atom stereocenters. The first-order valence-electron chi connectivity index (χ1n) is 9.28. The monoisotopic (exact) mass is 417 g/mol. The zero-order valence-corrected chi connectivity index (χ0v) is 16.6. The van der Waals surface area contributed by atoms with Crippen LogP contribution < -0.4 is 4.74 Å². The first-order chi connectivity index (χ1) is 14.0. The molecule has 0 radical (unpaired) electrons. The summed E-state index contributed by atoms with van der Waals surface area (Å²) in [5, 5.41) is 12.8. The van der Waals surface area contributed by atoms with Gasteiger partial charge in [0.05, 0.1) is 30.4 Å². The van der Waals surface area contributed by atoms with Gasteiger partial charge < -0.3 is 19.5 Å². The Balaban J connectivity index is 1.84. The summed E-state index contributed by atoms with van der Waals surface area (Å²) in [4.78, 5) is 27.9. The van der Waals surface area contributed by atoms with Crippen LogP contribution in [0.1, 0.15) is 29.3 Å². The summed E-state index contributed by atoms with van der Waals surface area (Å²) in [6, 6.07) is 6.52. The summed E-state index contributed by atoms with van der Waals surface area (Å²) in [5.41, 5.74) is -0.0384. The largest absolute Gasteiger partial charge is 0.507 e. The standard InChI is InChI=1S/C21H20FNO5S/c1-27-15-7-6-12(22)10-14(15)19(24)17-18(16-5-3-9-29-16)23(21(26)20(17)25)11-13-4-2-8-28-13/h3,5-7,9-10,13,18,24H,2,4,8,11H2,1H3/b19-17-. The van der Waals surface area contributed by atoms with Crippen molar-refractivity contribution < 1.29 is 28.6 Å². The van der Waals surface area contributed by atoms with Gasteiger partial charge in [0.2, 0.25) is 0 Å². The molecule has 2 atom stereocenters. The molecule has 0 bridgehead atoms. The Morgan fingerprint density at radius 2 is 2.21 bits per heavy atom. The minimum atomic E-state index is -0.801. The van der Waals surface area contributed by atoms with E-state index in [1.165, 1.54) is 35.5 Å². The third-order valence-electron chi connectivity index (χ3n) is 5.19. The lowest BCUT2D eigenvalue weighted by molar-refractivity contribution is -0.140. The Labute approximate surface area is 171 Å². The van der Waals surface area contributed by atoms with Crippen LogP contribution in [0.2, 0.25) is 0 Å². The van der Waals surface area contributed by atoms with Crippen molar-refractivity contribution in [2.24, 2.45) is 0 Å². The lowest BCUT2D eigenvalue weighted by atomic mass is 9.99. The van der Waals surface area contributed by atoms with E-state index in [0.29, 0.717) is 6.61 Å². The molecule has 0 aliphatic carbocycles. The lowest BCUT2D eigenvalue weighted by Crippen LogP contribution is -2.36. The number of likely N-dealkylation sites (tertiary alicyclic amines) is 1. The molecule has 2 fully saturated rings. The number of aliphatic hydroxyl groups excluding tert-OH is 1. The Hall–Kier alpha value is -2.71.